The maximum atomic E-state index is 4.87. The molecule has 0 fully saturated rings. The lowest BCUT2D eigenvalue weighted by molar-refractivity contribution is 0.301. The van der Waals surface area contributed by atoms with Crippen LogP contribution < -0.4 is 5.32 Å². The smallest absolute Gasteiger partial charge is 0.0720 e. The van der Waals surface area contributed by atoms with E-state index in [0.717, 1.165) is 25.7 Å². The highest BCUT2D eigenvalue weighted by atomic mass is 15.3. The molecule has 0 spiro atoms. The fourth-order valence-corrected chi connectivity index (χ4v) is 3.57. The fourth-order valence-electron chi connectivity index (χ4n) is 3.57. The third-order valence-corrected chi connectivity index (χ3v) is 4.70. The van der Waals surface area contributed by atoms with Crippen molar-refractivity contribution >= 4 is 0 Å². The summed E-state index contributed by atoms with van der Waals surface area (Å²) < 4.78 is 2.29. The summed E-state index contributed by atoms with van der Waals surface area (Å²) in [7, 11) is 2.07. The molecule has 0 aliphatic heterocycles. The summed E-state index contributed by atoms with van der Waals surface area (Å²) in [5.74, 6) is 0. The summed E-state index contributed by atoms with van der Waals surface area (Å²) in [6.45, 7) is 4.40. The highest BCUT2D eigenvalue weighted by molar-refractivity contribution is 5.33. The number of hydrogen-bond donors (Lipinski definition) is 1. The van der Waals surface area contributed by atoms with Gasteiger partial charge in [0.15, 0.2) is 0 Å². The molecule has 0 radical (unpaired) electrons. The van der Waals surface area contributed by atoms with Crippen molar-refractivity contribution in [2.45, 2.75) is 51.6 Å². The normalized spacial score (nSPS) is 21.3. The van der Waals surface area contributed by atoms with Gasteiger partial charge in [0, 0.05) is 5.69 Å². The van der Waals surface area contributed by atoms with Gasteiger partial charge >= 0.3 is 0 Å². The van der Waals surface area contributed by atoms with Crippen LogP contribution in [0.25, 0.3) is 0 Å². The molecule has 1 N–H and O–H groups in total. The predicted molar refractivity (Wildman–Crippen MR) is 86.6 cm³/mol. The first-order valence-electron chi connectivity index (χ1n) is 8.10. The Labute approximate surface area is 127 Å². The summed E-state index contributed by atoms with van der Waals surface area (Å²) >= 11 is 0. The highest BCUT2D eigenvalue weighted by Gasteiger charge is 2.31. The molecular weight excluding hydrogens is 258 g/mol. The molecule has 0 saturated heterocycles. The van der Waals surface area contributed by atoms with E-state index < -0.39 is 0 Å². The van der Waals surface area contributed by atoms with Gasteiger partial charge in [-0.3, -0.25) is 4.68 Å². The Balaban J connectivity index is 2.01. The molecule has 21 heavy (non-hydrogen) atoms. The van der Waals surface area contributed by atoms with Gasteiger partial charge in [-0.25, -0.2) is 0 Å². The van der Waals surface area contributed by atoms with Crippen LogP contribution in [-0.4, -0.2) is 16.8 Å². The summed E-state index contributed by atoms with van der Waals surface area (Å²) in [6, 6.07) is 11.9. The van der Waals surface area contributed by atoms with E-state index in [-0.39, 0.29) is 0 Å². The van der Waals surface area contributed by atoms with Gasteiger partial charge in [0.2, 0.25) is 0 Å². The molecule has 1 aliphatic carbocycles. The second-order valence-corrected chi connectivity index (χ2v) is 5.85. The van der Waals surface area contributed by atoms with Gasteiger partial charge in [-0.1, -0.05) is 38.1 Å². The summed E-state index contributed by atoms with van der Waals surface area (Å²) in [5.41, 5.74) is 5.48. The lowest BCUT2D eigenvalue weighted by atomic mass is 9.84. The molecule has 0 amide bonds. The number of rotatable bonds is 4. The second-order valence-electron chi connectivity index (χ2n) is 5.85. The van der Waals surface area contributed by atoms with Gasteiger partial charge in [0.05, 0.1) is 17.8 Å². The maximum absolute atomic E-state index is 4.87. The number of nitrogens with zero attached hydrogens (tertiary/aromatic N) is 2. The Morgan fingerprint density at radius 2 is 2.05 bits per heavy atom. The minimum atomic E-state index is 0.352. The van der Waals surface area contributed by atoms with Crippen molar-refractivity contribution in [3.63, 3.8) is 0 Å². The number of fused-ring (bicyclic) bond motifs is 1. The first-order valence-corrected chi connectivity index (χ1v) is 8.10. The predicted octanol–water partition coefficient (Wildman–Crippen LogP) is 3.46. The van der Waals surface area contributed by atoms with Crippen molar-refractivity contribution in [2.75, 3.05) is 7.05 Å². The van der Waals surface area contributed by atoms with Crippen molar-refractivity contribution in [3.8, 4) is 0 Å². The van der Waals surface area contributed by atoms with Crippen LogP contribution in [-0.2, 0) is 19.3 Å². The van der Waals surface area contributed by atoms with Gasteiger partial charge in [-0.15, -0.1) is 0 Å². The minimum Gasteiger partial charge on any atom is -0.311 e. The molecule has 3 rings (SSSR count). The van der Waals surface area contributed by atoms with Crippen molar-refractivity contribution in [1.82, 2.24) is 15.1 Å². The number of hydrogen-bond acceptors (Lipinski definition) is 2. The Hall–Kier alpha value is -1.61. The van der Waals surface area contributed by atoms with Crippen LogP contribution in [0.1, 0.15) is 54.9 Å². The van der Waals surface area contributed by atoms with E-state index in [9.17, 15) is 0 Å². The SMILES string of the molecule is CCc1cc(CC)n(C2CCc3ccccc3C2NC)n1. The molecule has 1 aromatic carbocycles. The standard InChI is InChI=1S/C18H25N3/c1-4-14-12-15(5-2)21(20-14)17-11-10-13-8-6-7-9-16(13)18(17)19-3/h6-9,12,17-19H,4-5,10-11H2,1-3H3. The molecule has 2 aromatic rings. The number of benzene rings is 1. The van der Waals surface area contributed by atoms with Crippen molar-refractivity contribution < 1.29 is 0 Å². The Bertz CT molecular complexity index is 615. The monoisotopic (exact) mass is 283 g/mol. The summed E-state index contributed by atoms with van der Waals surface area (Å²) in [6.07, 6.45) is 4.35. The van der Waals surface area contributed by atoms with Gasteiger partial charge in [-0.2, -0.15) is 5.10 Å². The van der Waals surface area contributed by atoms with Crippen LogP contribution >= 0.6 is 0 Å². The van der Waals surface area contributed by atoms with Crippen LogP contribution in [0.5, 0.6) is 0 Å². The first kappa shape index (κ1) is 14.3. The second kappa shape index (κ2) is 6.02. The topological polar surface area (TPSA) is 29.9 Å². The van der Waals surface area contributed by atoms with Crippen LogP contribution in [0.3, 0.4) is 0 Å². The lowest BCUT2D eigenvalue weighted by Crippen LogP contribution is -2.33. The van der Waals surface area contributed by atoms with E-state index in [1.54, 1.807) is 0 Å². The first-order chi connectivity index (χ1) is 10.3. The number of aromatic nitrogens is 2. The van der Waals surface area contributed by atoms with Crippen LogP contribution in [0.4, 0.5) is 0 Å². The van der Waals surface area contributed by atoms with Crippen molar-refractivity contribution in [3.05, 3.63) is 52.8 Å². The third kappa shape index (κ3) is 2.51. The van der Waals surface area contributed by atoms with E-state index >= 15 is 0 Å². The van der Waals surface area contributed by atoms with Crippen LogP contribution in [0, 0.1) is 0 Å². The number of aryl methyl sites for hydroxylation is 3. The minimum absolute atomic E-state index is 0.352. The van der Waals surface area contributed by atoms with Gasteiger partial charge in [-0.05, 0) is 49.9 Å². The molecule has 112 valence electrons. The van der Waals surface area contributed by atoms with Crippen LogP contribution in [0.15, 0.2) is 30.3 Å². The molecule has 1 aliphatic rings. The molecule has 0 saturated carbocycles. The van der Waals surface area contributed by atoms with Crippen LogP contribution in [0.2, 0.25) is 0 Å². The lowest BCUT2D eigenvalue weighted by Gasteiger charge is -2.34. The van der Waals surface area contributed by atoms with Gasteiger partial charge < -0.3 is 5.32 Å². The number of nitrogens with one attached hydrogen (secondary N) is 1. The van der Waals surface area contributed by atoms with Gasteiger partial charge in [0.1, 0.15) is 0 Å². The van der Waals surface area contributed by atoms with Crippen molar-refractivity contribution in [2.24, 2.45) is 0 Å². The zero-order valence-electron chi connectivity index (χ0n) is 13.3. The Kier molecular flexibility index (Phi) is 4.11. The molecule has 0 bridgehead atoms. The van der Waals surface area contributed by atoms with E-state index in [0.29, 0.717) is 12.1 Å². The molecule has 3 nitrogen and oxygen atoms in total. The van der Waals surface area contributed by atoms with E-state index in [4.69, 9.17) is 5.10 Å². The Morgan fingerprint density at radius 3 is 2.76 bits per heavy atom. The average molecular weight is 283 g/mol. The highest BCUT2D eigenvalue weighted by Crippen LogP contribution is 2.37. The van der Waals surface area contributed by atoms with E-state index in [1.165, 1.54) is 22.5 Å². The molecule has 1 aromatic heterocycles. The average Bonchev–Trinajstić information content (AvgIpc) is 2.97. The van der Waals surface area contributed by atoms with E-state index in [2.05, 4.69) is 61.2 Å². The molecule has 2 unspecified atom stereocenters. The third-order valence-electron chi connectivity index (χ3n) is 4.70. The molecule has 2 atom stereocenters. The maximum Gasteiger partial charge on any atom is 0.0720 e. The zero-order valence-corrected chi connectivity index (χ0v) is 13.3. The molecular formula is C18H25N3. The van der Waals surface area contributed by atoms with E-state index in [1.807, 2.05) is 0 Å². The number of likely N-dealkylation sites (N-methyl/N-ethyl adjacent to an activating group) is 1. The van der Waals surface area contributed by atoms with Gasteiger partial charge in [0.25, 0.3) is 0 Å². The zero-order chi connectivity index (χ0) is 14.8. The Morgan fingerprint density at radius 1 is 1.24 bits per heavy atom. The quantitative estimate of drug-likeness (QED) is 0.931. The largest absolute Gasteiger partial charge is 0.311 e. The summed E-state index contributed by atoms with van der Waals surface area (Å²) in [5, 5.41) is 8.40. The molecule has 1 heterocycles. The summed E-state index contributed by atoms with van der Waals surface area (Å²) in [4.78, 5) is 0. The fraction of sp³-hybridized carbons (Fsp3) is 0.500. The van der Waals surface area contributed by atoms with Crippen molar-refractivity contribution in [1.29, 1.82) is 0 Å². The molecule has 3 heteroatoms.